The average molecular weight is 334 g/mol. The van der Waals surface area contributed by atoms with Gasteiger partial charge in [-0.15, -0.1) is 0 Å². The summed E-state index contributed by atoms with van der Waals surface area (Å²) in [5.41, 5.74) is 3.38. The maximum absolute atomic E-state index is 6.33. The molecular weight excluding hydrogens is 308 g/mol. The summed E-state index contributed by atoms with van der Waals surface area (Å²) in [5.74, 6) is 1.98. The monoisotopic (exact) mass is 334 g/mol. The largest absolute Gasteiger partial charge is 0.494 e. The molecule has 2 aromatic carbocycles. The SMILES string of the molecule is CCOC1=C(c2ccccc2)[C@H]2CCC[C@H]2[C@@]1(OC)c1ccccc1. The first-order valence-corrected chi connectivity index (χ1v) is 9.36. The van der Waals surface area contributed by atoms with Gasteiger partial charge in [0.15, 0.2) is 5.60 Å². The predicted octanol–water partition coefficient (Wildman–Crippen LogP) is 5.41. The Hall–Kier alpha value is -2.06. The fourth-order valence-corrected chi connectivity index (χ4v) is 5.01. The highest BCUT2D eigenvalue weighted by atomic mass is 16.5. The van der Waals surface area contributed by atoms with Crippen molar-refractivity contribution in [1.82, 2.24) is 0 Å². The molecule has 2 heteroatoms. The van der Waals surface area contributed by atoms with Crippen molar-refractivity contribution in [2.24, 2.45) is 11.8 Å². The number of fused-ring (bicyclic) bond motifs is 1. The summed E-state index contributed by atoms with van der Waals surface area (Å²) in [6.07, 6.45) is 3.65. The van der Waals surface area contributed by atoms with Crippen LogP contribution in [0.1, 0.15) is 37.3 Å². The molecule has 2 aliphatic carbocycles. The Morgan fingerprint density at radius 3 is 2.28 bits per heavy atom. The smallest absolute Gasteiger partial charge is 0.153 e. The second kappa shape index (κ2) is 6.68. The van der Waals surface area contributed by atoms with Crippen LogP contribution in [0, 0.1) is 11.8 Å². The summed E-state index contributed by atoms with van der Waals surface area (Å²) in [6.45, 7) is 2.72. The van der Waals surface area contributed by atoms with Crippen molar-refractivity contribution < 1.29 is 9.47 Å². The van der Waals surface area contributed by atoms with E-state index in [-0.39, 0.29) is 0 Å². The number of hydrogen-bond acceptors (Lipinski definition) is 2. The van der Waals surface area contributed by atoms with Gasteiger partial charge in [-0.1, -0.05) is 67.1 Å². The van der Waals surface area contributed by atoms with Gasteiger partial charge in [-0.2, -0.15) is 0 Å². The van der Waals surface area contributed by atoms with Crippen LogP contribution in [-0.2, 0) is 15.1 Å². The van der Waals surface area contributed by atoms with Gasteiger partial charge in [-0.05, 0) is 36.8 Å². The van der Waals surface area contributed by atoms with Crippen molar-refractivity contribution in [2.45, 2.75) is 31.8 Å². The molecule has 1 fully saturated rings. The first-order valence-electron chi connectivity index (χ1n) is 9.36. The average Bonchev–Trinajstić information content (AvgIpc) is 3.23. The van der Waals surface area contributed by atoms with Crippen molar-refractivity contribution in [3.8, 4) is 0 Å². The topological polar surface area (TPSA) is 18.5 Å². The molecule has 25 heavy (non-hydrogen) atoms. The van der Waals surface area contributed by atoms with E-state index in [1.165, 1.54) is 36.0 Å². The quantitative estimate of drug-likeness (QED) is 0.728. The summed E-state index contributed by atoms with van der Waals surface area (Å²) in [5, 5.41) is 0. The van der Waals surface area contributed by atoms with Crippen LogP contribution in [0.3, 0.4) is 0 Å². The predicted molar refractivity (Wildman–Crippen MR) is 101 cm³/mol. The second-order valence-corrected chi connectivity index (χ2v) is 6.99. The molecule has 0 unspecified atom stereocenters. The first kappa shape index (κ1) is 16.4. The molecule has 4 rings (SSSR count). The van der Waals surface area contributed by atoms with E-state index >= 15 is 0 Å². The number of benzene rings is 2. The highest BCUT2D eigenvalue weighted by molar-refractivity contribution is 5.75. The van der Waals surface area contributed by atoms with E-state index in [9.17, 15) is 0 Å². The summed E-state index contributed by atoms with van der Waals surface area (Å²) < 4.78 is 12.7. The fourth-order valence-electron chi connectivity index (χ4n) is 5.01. The van der Waals surface area contributed by atoms with Crippen LogP contribution >= 0.6 is 0 Å². The Morgan fingerprint density at radius 1 is 0.960 bits per heavy atom. The van der Waals surface area contributed by atoms with Gasteiger partial charge in [-0.3, -0.25) is 0 Å². The third kappa shape index (κ3) is 2.43. The van der Waals surface area contributed by atoms with E-state index in [1.54, 1.807) is 0 Å². The van der Waals surface area contributed by atoms with E-state index in [4.69, 9.17) is 9.47 Å². The van der Waals surface area contributed by atoms with Crippen LogP contribution in [-0.4, -0.2) is 13.7 Å². The zero-order valence-electron chi connectivity index (χ0n) is 15.1. The number of hydrogen-bond donors (Lipinski definition) is 0. The van der Waals surface area contributed by atoms with Gasteiger partial charge < -0.3 is 9.47 Å². The van der Waals surface area contributed by atoms with Gasteiger partial charge in [0.05, 0.1) is 6.61 Å². The third-order valence-electron chi connectivity index (χ3n) is 5.89. The first-order chi connectivity index (χ1) is 12.3. The Bertz CT molecular complexity index is 750. The number of rotatable bonds is 5. The molecule has 3 atom stereocenters. The lowest BCUT2D eigenvalue weighted by molar-refractivity contribution is -0.0652. The van der Waals surface area contributed by atoms with Crippen molar-refractivity contribution in [3.05, 3.63) is 77.5 Å². The van der Waals surface area contributed by atoms with Gasteiger partial charge in [-0.25, -0.2) is 0 Å². The lowest BCUT2D eigenvalue weighted by Gasteiger charge is -2.36. The summed E-state index contributed by atoms with van der Waals surface area (Å²) in [7, 11) is 1.84. The Kier molecular flexibility index (Phi) is 4.39. The minimum atomic E-state index is -0.469. The zero-order chi connectivity index (χ0) is 17.3. The molecule has 2 nitrogen and oxygen atoms in total. The Labute approximate surface area is 150 Å². The molecule has 130 valence electrons. The molecular formula is C23H26O2. The van der Waals surface area contributed by atoms with Crippen molar-refractivity contribution in [3.63, 3.8) is 0 Å². The Morgan fingerprint density at radius 2 is 1.64 bits per heavy atom. The minimum absolute atomic E-state index is 0.441. The fraction of sp³-hybridized carbons (Fsp3) is 0.391. The van der Waals surface area contributed by atoms with Gasteiger partial charge in [0.2, 0.25) is 0 Å². The lowest BCUT2D eigenvalue weighted by Crippen LogP contribution is -2.37. The molecule has 1 saturated carbocycles. The molecule has 2 aromatic rings. The molecule has 0 heterocycles. The van der Waals surface area contributed by atoms with Crippen LogP contribution in [0.5, 0.6) is 0 Å². The highest BCUT2D eigenvalue weighted by Crippen LogP contribution is 2.61. The molecule has 2 aliphatic rings. The van der Waals surface area contributed by atoms with E-state index in [2.05, 4.69) is 67.6 Å². The van der Waals surface area contributed by atoms with Crippen LogP contribution in [0.25, 0.3) is 5.57 Å². The molecule has 0 amide bonds. The summed E-state index contributed by atoms with van der Waals surface area (Å²) >= 11 is 0. The number of ether oxygens (including phenoxy) is 2. The molecule has 0 spiro atoms. The minimum Gasteiger partial charge on any atom is -0.494 e. The van der Waals surface area contributed by atoms with Crippen LogP contribution in [0.2, 0.25) is 0 Å². The summed E-state index contributed by atoms with van der Waals surface area (Å²) in [4.78, 5) is 0. The van der Waals surface area contributed by atoms with E-state index in [0.717, 1.165) is 5.76 Å². The van der Waals surface area contributed by atoms with Crippen LogP contribution in [0.15, 0.2) is 66.4 Å². The van der Waals surface area contributed by atoms with Gasteiger partial charge in [0.1, 0.15) is 5.76 Å². The van der Waals surface area contributed by atoms with Gasteiger partial charge >= 0.3 is 0 Å². The molecule has 0 bridgehead atoms. The van der Waals surface area contributed by atoms with E-state index < -0.39 is 5.60 Å². The number of methoxy groups -OCH3 is 1. The molecule has 0 aromatic heterocycles. The molecule has 0 N–H and O–H groups in total. The van der Waals surface area contributed by atoms with Crippen molar-refractivity contribution >= 4 is 5.57 Å². The normalized spacial score (nSPS) is 28.2. The zero-order valence-corrected chi connectivity index (χ0v) is 15.1. The Balaban J connectivity index is 1.97. The molecule has 0 aliphatic heterocycles. The van der Waals surface area contributed by atoms with E-state index in [1.807, 2.05) is 7.11 Å². The maximum atomic E-state index is 6.33. The van der Waals surface area contributed by atoms with Crippen molar-refractivity contribution in [1.29, 1.82) is 0 Å². The highest BCUT2D eigenvalue weighted by Gasteiger charge is 2.58. The van der Waals surface area contributed by atoms with Gasteiger partial charge in [0.25, 0.3) is 0 Å². The van der Waals surface area contributed by atoms with Crippen LogP contribution in [0.4, 0.5) is 0 Å². The lowest BCUT2D eigenvalue weighted by atomic mass is 9.79. The number of allylic oxidation sites excluding steroid dienone is 1. The van der Waals surface area contributed by atoms with Crippen molar-refractivity contribution in [2.75, 3.05) is 13.7 Å². The standard InChI is InChI=1S/C23H26O2/c1-3-25-22-21(17-11-6-4-7-12-17)19-15-10-16-20(19)23(22,24-2)18-13-8-5-9-14-18/h4-9,11-14,19-20H,3,10,15-16H2,1-2H3/t19-,20+,23-/m0/s1. The maximum Gasteiger partial charge on any atom is 0.153 e. The van der Waals surface area contributed by atoms with Gasteiger partial charge in [0, 0.05) is 18.6 Å². The molecule has 0 radical (unpaired) electrons. The van der Waals surface area contributed by atoms with Crippen LogP contribution < -0.4 is 0 Å². The molecule has 0 saturated heterocycles. The summed E-state index contributed by atoms with van der Waals surface area (Å²) in [6, 6.07) is 21.4. The third-order valence-corrected chi connectivity index (χ3v) is 5.89. The van der Waals surface area contributed by atoms with E-state index in [0.29, 0.717) is 18.4 Å². The second-order valence-electron chi connectivity index (χ2n) is 6.99.